The fourth-order valence-corrected chi connectivity index (χ4v) is 4.78. The minimum atomic E-state index is 0. The topological polar surface area (TPSA) is 36.8 Å². The molecule has 5 rings (SSSR count). The summed E-state index contributed by atoms with van der Waals surface area (Å²) in [4.78, 5) is 8.74. The van der Waals surface area contributed by atoms with Gasteiger partial charge in [0.1, 0.15) is 0 Å². The van der Waals surface area contributed by atoms with Gasteiger partial charge in [-0.05, 0) is 72.5 Å². The molecule has 0 bridgehead atoms. The molecule has 41 heavy (non-hydrogen) atoms. The predicted molar refractivity (Wildman–Crippen MR) is 167 cm³/mol. The maximum absolute atomic E-state index is 6.25. The van der Waals surface area contributed by atoms with Crippen molar-refractivity contribution in [3.63, 3.8) is 0 Å². The monoisotopic (exact) mass is 724 g/mol. The van der Waals surface area contributed by atoms with Crippen molar-refractivity contribution in [3.8, 4) is 0 Å². The van der Waals surface area contributed by atoms with Crippen LogP contribution in [0, 0.1) is 31.2 Å². The Kier molecular flexibility index (Phi) is 9.83. The Labute approximate surface area is 261 Å². The van der Waals surface area contributed by atoms with Gasteiger partial charge in [-0.2, -0.15) is 6.07 Å². The summed E-state index contributed by atoms with van der Waals surface area (Å²) in [6, 6.07) is 27.6. The number of allylic oxidation sites excluding steroid dienone is 2. The molecule has 0 saturated carbocycles. The van der Waals surface area contributed by atoms with Gasteiger partial charge < -0.3 is 31.4 Å². The van der Waals surface area contributed by atoms with Gasteiger partial charge in [0.15, 0.2) is 0 Å². The zero-order valence-corrected chi connectivity index (χ0v) is 27.5. The van der Waals surface area contributed by atoms with E-state index in [2.05, 4.69) is 174 Å². The van der Waals surface area contributed by atoms with Crippen molar-refractivity contribution in [1.29, 1.82) is 5.26 Å². The first-order valence-electron chi connectivity index (χ1n) is 13.6. The van der Waals surface area contributed by atoms with Gasteiger partial charge in [0.05, 0.1) is 0 Å². The van der Waals surface area contributed by atoms with Crippen LogP contribution in [-0.2, 0) is 31.9 Å². The van der Waals surface area contributed by atoms with Gasteiger partial charge in [0.25, 0.3) is 0 Å². The zero-order valence-electron chi connectivity index (χ0n) is 25.2. The second-order valence-corrected chi connectivity index (χ2v) is 12.3. The first-order valence-corrected chi connectivity index (χ1v) is 13.6. The molecule has 0 fully saturated rings. The van der Waals surface area contributed by atoms with Crippen LogP contribution >= 0.6 is 0 Å². The molecule has 0 saturated heterocycles. The third kappa shape index (κ3) is 6.88. The Hall–Kier alpha value is -3.48. The Balaban J connectivity index is 0.00000151. The Bertz CT molecular complexity index is 1410. The number of hydrogen-bond donors (Lipinski definition) is 0. The van der Waals surface area contributed by atoms with E-state index >= 15 is 0 Å². The van der Waals surface area contributed by atoms with E-state index in [4.69, 9.17) is 11.8 Å². The summed E-state index contributed by atoms with van der Waals surface area (Å²) < 4.78 is 0. The van der Waals surface area contributed by atoms with E-state index in [1.165, 1.54) is 22.5 Å². The number of nitrogens with zero attached hydrogens (tertiary/aromatic N) is 5. The average molecular weight is 725 g/mol. The van der Waals surface area contributed by atoms with Crippen LogP contribution in [0.3, 0.4) is 0 Å². The molecule has 0 aliphatic carbocycles. The summed E-state index contributed by atoms with van der Waals surface area (Å²) >= 11 is 0. The van der Waals surface area contributed by atoms with E-state index in [0.717, 1.165) is 22.7 Å². The van der Waals surface area contributed by atoms with Crippen molar-refractivity contribution < 1.29 is 21.1 Å². The van der Waals surface area contributed by atoms with E-state index < -0.39 is 0 Å². The molecule has 3 aromatic rings. The second kappa shape index (κ2) is 12.6. The van der Waals surface area contributed by atoms with Crippen molar-refractivity contribution >= 4 is 22.7 Å². The molecule has 214 valence electrons. The third-order valence-corrected chi connectivity index (χ3v) is 7.46. The molecular weight excluding hydrogens is 685 g/mol. The second-order valence-electron chi connectivity index (χ2n) is 12.3. The Morgan fingerprint density at radius 3 is 1.61 bits per heavy atom. The maximum Gasteiger partial charge on any atom is 4.00 e. The largest absolute Gasteiger partial charge is 4.00 e. The molecule has 0 atom stereocenters. The Morgan fingerprint density at radius 1 is 0.610 bits per heavy atom. The fraction of sp³-hybridized carbons (Fsp3) is 0.286. The van der Waals surface area contributed by atoms with Crippen LogP contribution in [0.2, 0.25) is 0 Å². The van der Waals surface area contributed by atoms with Crippen molar-refractivity contribution in [1.82, 2.24) is 0 Å². The first-order chi connectivity index (χ1) is 18.9. The van der Waals surface area contributed by atoms with Crippen LogP contribution in [0.5, 0.6) is 0 Å². The molecule has 0 spiro atoms. The summed E-state index contributed by atoms with van der Waals surface area (Å²) in [6.07, 6.45) is 4.17. The molecule has 2 aliphatic rings. The van der Waals surface area contributed by atoms with Crippen LogP contribution < -0.4 is 19.6 Å². The summed E-state index contributed by atoms with van der Waals surface area (Å²) in [7, 11) is 0. The van der Waals surface area contributed by atoms with Gasteiger partial charge in [-0.25, -0.2) is 0 Å². The SMILES string of the molecule is CC1=C(C)N(c2ccc(C(C)(C)C)cc2)[CH-]N1c1[c-]c(N2C=CN(c3ccc(C(C)(C)C)cc3)[CH-]2)ccc1.[C-]#N.[Pt+4]. The number of benzene rings is 3. The van der Waals surface area contributed by atoms with Gasteiger partial charge >= 0.3 is 21.1 Å². The molecular formula is C35H39N5Pt. The molecule has 5 nitrogen and oxygen atoms in total. The molecule has 2 heterocycles. The molecule has 0 aromatic heterocycles. The van der Waals surface area contributed by atoms with E-state index in [0.29, 0.717) is 0 Å². The van der Waals surface area contributed by atoms with Gasteiger partial charge in [-0.3, -0.25) is 0 Å². The normalized spacial score (nSPS) is 15.2. The van der Waals surface area contributed by atoms with E-state index in [1.54, 1.807) is 0 Å². The van der Waals surface area contributed by atoms with Crippen LogP contribution in [0.4, 0.5) is 22.7 Å². The zero-order chi connectivity index (χ0) is 29.2. The number of anilines is 4. The number of rotatable bonds is 4. The molecule has 3 aromatic carbocycles. The van der Waals surface area contributed by atoms with E-state index in [1.807, 2.05) is 0 Å². The van der Waals surface area contributed by atoms with Gasteiger partial charge in [-0.1, -0.05) is 65.8 Å². The predicted octanol–water partition coefficient (Wildman–Crippen LogP) is 8.79. The summed E-state index contributed by atoms with van der Waals surface area (Å²) in [5, 5.41) is 6.25. The molecule has 0 unspecified atom stereocenters. The minimum absolute atomic E-state index is 0. The van der Waals surface area contributed by atoms with Crippen LogP contribution in [-0.4, -0.2) is 0 Å². The van der Waals surface area contributed by atoms with Crippen LogP contribution in [0.15, 0.2) is 90.5 Å². The average Bonchev–Trinajstić information content (AvgIpc) is 3.55. The third-order valence-electron chi connectivity index (χ3n) is 7.46. The molecule has 0 N–H and O–H groups in total. The minimum Gasteiger partial charge on any atom is -0.512 e. The van der Waals surface area contributed by atoms with Gasteiger partial charge in [-0.15, -0.1) is 42.9 Å². The van der Waals surface area contributed by atoms with Gasteiger partial charge in [0.2, 0.25) is 0 Å². The van der Waals surface area contributed by atoms with Crippen molar-refractivity contribution in [2.75, 3.05) is 19.6 Å². The summed E-state index contributed by atoms with van der Waals surface area (Å²) in [5.41, 5.74) is 9.69. The van der Waals surface area contributed by atoms with Crippen molar-refractivity contribution in [2.45, 2.75) is 66.2 Å². The standard InChI is InChI=1S/C34H39N4.CN.Pt/c1-25-26(2)38(24-37(25)30-18-14-28(15-19-30)34(6,7)8)32-11-9-10-31(22-32)36-21-20-35(23-36)29-16-12-27(13-17-29)33(3,4)5;1-2;/h9-21,23-24H,1-8H3;;/q-3;-1;+4. The van der Waals surface area contributed by atoms with Crippen LogP contribution in [0.1, 0.15) is 66.5 Å². The van der Waals surface area contributed by atoms with E-state index in [-0.39, 0.29) is 31.9 Å². The summed E-state index contributed by atoms with van der Waals surface area (Å²) in [6.45, 7) is 26.8. The summed E-state index contributed by atoms with van der Waals surface area (Å²) in [5.74, 6) is 0. The van der Waals surface area contributed by atoms with Crippen molar-refractivity contribution in [2.24, 2.45) is 0 Å². The Morgan fingerprint density at radius 2 is 1.07 bits per heavy atom. The fourth-order valence-electron chi connectivity index (χ4n) is 4.78. The maximum atomic E-state index is 6.25. The van der Waals surface area contributed by atoms with Crippen molar-refractivity contribution in [3.05, 3.63) is 128 Å². The van der Waals surface area contributed by atoms with Gasteiger partial charge in [0, 0.05) is 22.8 Å². The van der Waals surface area contributed by atoms with E-state index in [9.17, 15) is 0 Å². The molecule has 0 amide bonds. The molecule has 0 radical (unpaired) electrons. The molecule has 6 heteroatoms. The molecule has 2 aliphatic heterocycles. The first kappa shape index (κ1) is 32.0. The quantitative estimate of drug-likeness (QED) is 0.252. The number of hydrogen-bond acceptors (Lipinski definition) is 5. The van der Waals surface area contributed by atoms with Crippen LogP contribution in [0.25, 0.3) is 0 Å². The smallest absolute Gasteiger partial charge is 0.512 e.